The number of hydrogen-bond acceptors (Lipinski definition) is 1. The first-order valence-electron chi connectivity index (χ1n) is 9.32. The molecule has 0 heterocycles. The summed E-state index contributed by atoms with van der Waals surface area (Å²) < 4.78 is 0. The van der Waals surface area contributed by atoms with Gasteiger partial charge in [0.25, 0.3) is 0 Å². The summed E-state index contributed by atoms with van der Waals surface area (Å²) >= 11 is 0. The monoisotopic (exact) mass is 330 g/mol. The van der Waals surface area contributed by atoms with Crippen LogP contribution in [0.25, 0.3) is 0 Å². The minimum Gasteiger partial charge on any atom is -0.300 e. The van der Waals surface area contributed by atoms with Crippen molar-refractivity contribution in [1.82, 2.24) is 0 Å². The van der Waals surface area contributed by atoms with Gasteiger partial charge >= 0.3 is 0 Å². The average Bonchev–Trinajstić information content (AvgIpc) is 2.45. The molecule has 0 aromatic heterocycles. The highest BCUT2D eigenvalue weighted by Gasteiger charge is 2.09. The number of rotatable bonds is 11. The second kappa shape index (κ2) is 13.0. The number of hydrogen-bond donors (Lipinski definition) is 0. The summed E-state index contributed by atoms with van der Waals surface area (Å²) in [5.74, 6) is 0.629. The Hall–Kier alpha value is -1.37. The van der Waals surface area contributed by atoms with Crippen LogP contribution in [0.5, 0.6) is 0 Å². The quantitative estimate of drug-likeness (QED) is 0.362. The number of Topliss-reactive ketones (excluding diaryl/α,β-unsaturated/α-hetero) is 1. The molecule has 0 spiro atoms. The fourth-order valence-corrected chi connectivity index (χ4v) is 2.87. The Morgan fingerprint density at radius 1 is 0.792 bits per heavy atom. The van der Waals surface area contributed by atoms with Gasteiger partial charge in [0.1, 0.15) is 5.78 Å². The molecule has 0 aliphatic carbocycles. The summed E-state index contributed by atoms with van der Waals surface area (Å²) in [6.07, 6.45) is 15.3. The zero-order valence-electron chi connectivity index (χ0n) is 17.0. The normalized spacial score (nSPS) is 14.5. The lowest BCUT2D eigenvalue weighted by atomic mass is 9.92. The molecule has 0 rings (SSSR count). The van der Waals surface area contributed by atoms with Crippen molar-refractivity contribution in [3.8, 4) is 0 Å². The average molecular weight is 331 g/mol. The first-order chi connectivity index (χ1) is 11.2. The molecule has 136 valence electrons. The summed E-state index contributed by atoms with van der Waals surface area (Å²) in [5.41, 5.74) is 5.64. The maximum absolute atomic E-state index is 11.4. The van der Waals surface area contributed by atoms with Gasteiger partial charge in [0, 0.05) is 6.42 Å². The van der Waals surface area contributed by atoms with Gasteiger partial charge < -0.3 is 4.79 Å². The predicted octanol–water partition coefficient (Wildman–Crippen LogP) is 7.36. The van der Waals surface area contributed by atoms with Crippen molar-refractivity contribution in [2.24, 2.45) is 5.92 Å². The molecule has 0 aliphatic heterocycles. The Morgan fingerprint density at radius 2 is 1.33 bits per heavy atom. The number of ketones is 1. The van der Waals surface area contributed by atoms with Crippen molar-refractivity contribution < 1.29 is 4.79 Å². The van der Waals surface area contributed by atoms with Crippen LogP contribution in [-0.2, 0) is 4.79 Å². The largest absolute Gasteiger partial charge is 0.300 e. The number of carbonyl (C=O) groups is 1. The molecule has 0 aromatic carbocycles. The van der Waals surface area contributed by atoms with Gasteiger partial charge in [-0.25, -0.2) is 0 Å². The second-order valence-corrected chi connectivity index (χ2v) is 7.43. The number of carbonyl (C=O) groups excluding carboxylic acids is 1. The molecule has 1 nitrogen and oxygen atoms in total. The molecule has 0 radical (unpaired) electrons. The van der Waals surface area contributed by atoms with Crippen molar-refractivity contribution in [3.05, 3.63) is 46.6 Å². The smallest absolute Gasteiger partial charge is 0.130 e. The molecular weight excluding hydrogens is 292 g/mol. The lowest BCUT2D eigenvalue weighted by molar-refractivity contribution is -0.117. The van der Waals surface area contributed by atoms with Gasteiger partial charge in [-0.05, 0) is 86.5 Å². The van der Waals surface area contributed by atoms with E-state index in [9.17, 15) is 4.79 Å². The molecule has 24 heavy (non-hydrogen) atoms. The summed E-state index contributed by atoms with van der Waals surface area (Å²) in [6.45, 7) is 14.6. The van der Waals surface area contributed by atoms with Gasteiger partial charge in [0.2, 0.25) is 0 Å². The molecule has 0 amide bonds. The van der Waals surface area contributed by atoms with Crippen molar-refractivity contribution >= 4 is 5.78 Å². The Labute approximate surface area is 150 Å². The predicted molar refractivity (Wildman–Crippen MR) is 108 cm³/mol. The standard InChI is InChI=1S/C23H38O/c1-8-19(4)11-9-12-20(5)13-10-14-21(6)16-23(15-18(2)3)17-22(7)24/h8,12,14-15,23H,9-11,13,16-17H2,1-7H3/b19-8+,20-12+,21-14+. The first-order valence-corrected chi connectivity index (χ1v) is 9.32. The third kappa shape index (κ3) is 13.1. The van der Waals surface area contributed by atoms with Gasteiger partial charge in [-0.15, -0.1) is 0 Å². The van der Waals surface area contributed by atoms with E-state index in [-0.39, 0.29) is 5.78 Å². The zero-order valence-corrected chi connectivity index (χ0v) is 17.0. The molecule has 0 saturated heterocycles. The minimum absolute atomic E-state index is 0.278. The molecule has 0 fully saturated rings. The Bertz CT molecular complexity index is 496. The topological polar surface area (TPSA) is 17.1 Å². The van der Waals surface area contributed by atoms with Crippen molar-refractivity contribution in [2.45, 2.75) is 87.0 Å². The van der Waals surface area contributed by atoms with Crippen molar-refractivity contribution in [2.75, 3.05) is 0 Å². The van der Waals surface area contributed by atoms with Crippen molar-refractivity contribution in [1.29, 1.82) is 0 Å². The van der Waals surface area contributed by atoms with E-state index in [2.05, 4.69) is 65.8 Å². The van der Waals surface area contributed by atoms with Crippen LogP contribution >= 0.6 is 0 Å². The Kier molecular flexibility index (Phi) is 12.2. The van der Waals surface area contributed by atoms with Gasteiger partial charge in [-0.1, -0.05) is 46.6 Å². The van der Waals surface area contributed by atoms with Gasteiger partial charge in [0.15, 0.2) is 0 Å². The second-order valence-electron chi connectivity index (χ2n) is 7.43. The van der Waals surface area contributed by atoms with E-state index in [0.29, 0.717) is 12.3 Å². The van der Waals surface area contributed by atoms with Crippen LogP contribution in [-0.4, -0.2) is 5.78 Å². The highest BCUT2D eigenvalue weighted by molar-refractivity contribution is 5.76. The van der Waals surface area contributed by atoms with E-state index in [1.807, 2.05) is 0 Å². The van der Waals surface area contributed by atoms with E-state index < -0.39 is 0 Å². The summed E-state index contributed by atoms with van der Waals surface area (Å²) in [5, 5.41) is 0. The van der Waals surface area contributed by atoms with E-state index >= 15 is 0 Å². The summed E-state index contributed by atoms with van der Waals surface area (Å²) in [7, 11) is 0. The highest BCUT2D eigenvalue weighted by Crippen LogP contribution is 2.20. The molecule has 1 atom stereocenters. The van der Waals surface area contributed by atoms with Crippen LogP contribution in [0, 0.1) is 5.92 Å². The molecule has 0 N–H and O–H groups in total. The van der Waals surface area contributed by atoms with Crippen LogP contribution < -0.4 is 0 Å². The highest BCUT2D eigenvalue weighted by atomic mass is 16.1. The van der Waals surface area contributed by atoms with Gasteiger partial charge in [-0.3, -0.25) is 0 Å². The fourth-order valence-electron chi connectivity index (χ4n) is 2.87. The van der Waals surface area contributed by atoms with Crippen LogP contribution in [0.15, 0.2) is 46.6 Å². The van der Waals surface area contributed by atoms with Crippen LogP contribution in [0.1, 0.15) is 87.0 Å². The molecule has 1 heteroatoms. The van der Waals surface area contributed by atoms with E-state index in [1.54, 1.807) is 6.92 Å². The lowest BCUT2D eigenvalue weighted by Gasteiger charge is -2.12. The number of allylic oxidation sites excluding steroid dienone is 8. The zero-order chi connectivity index (χ0) is 18.5. The summed E-state index contributed by atoms with van der Waals surface area (Å²) in [4.78, 5) is 11.4. The molecule has 0 aromatic rings. The van der Waals surface area contributed by atoms with Crippen LogP contribution in [0.2, 0.25) is 0 Å². The van der Waals surface area contributed by atoms with Gasteiger partial charge in [0.05, 0.1) is 0 Å². The van der Waals surface area contributed by atoms with E-state index in [1.165, 1.54) is 22.3 Å². The first kappa shape index (κ1) is 22.6. The minimum atomic E-state index is 0.278. The maximum atomic E-state index is 11.4. The molecule has 1 unspecified atom stereocenters. The van der Waals surface area contributed by atoms with E-state index in [4.69, 9.17) is 0 Å². The third-order valence-corrected chi connectivity index (χ3v) is 4.26. The molecule has 0 aliphatic rings. The van der Waals surface area contributed by atoms with Crippen LogP contribution in [0.3, 0.4) is 0 Å². The Morgan fingerprint density at radius 3 is 1.83 bits per heavy atom. The molecule has 0 saturated carbocycles. The van der Waals surface area contributed by atoms with Crippen molar-refractivity contribution in [3.63, 3.8) is 0 Å². The molecule has 0 bridgehead atoms. The fraction of sp³-hybridized carbons (Fsp3) is 0.609. The summed E-state index contributed by atoms with van der Waals surface area (Å²) in [6, 6.07) is 0. The SMILES string of the molecule is C/C=C(\C)CC/C=C(\C)CC/C=C(\C)CC(C=C(C)C)CC(C)=O. The Balaban J connectivity index is 4.39. The lowest BCUT2D eigenvalue weighted by Crippen LogP contribution is -2.04. The van der Waals surface area contributed by atoms with Gasteiger partial charge in [-0.2, -0.15) is 0 Å². The molecular formula is C23H38O. The third-order valence-electron chi connectivity index (χ3n) is 4.26. The van der Waals surface area contributed by atoms with Crippen LogP contribution in [0.4, 0.5) is 0 Å². The maximum Gasteiger partial charge on any atom is 0.130 e. The van der Waals surface area contributed by atoms with E-state index in [0.717, 1.165) is 32.1 Å².